The molecule has 0 aromatic carbocycles. The monoisotopic (exact) mass is 294 g/mol. The minimum absolute atomic E-state index is 0.256. The summed E-state index contributed by atoms with van der Waals surface area (Å²) < 4.78 is 18.6. The van der Waals surface area contributed by atoms with Gasteiger partial charge >= 0.3 is 6.09 Å². The van der Waals surface area contributed by atoms with Crippen LogP contribution in [-0.2, 0) is 11.2 Å². The topological polar surface area (TPSA) is 42.4 Å². The van der Waals surface area contributed by atoms with Crippen molar-refractivity contribution < 1.29 is 13.9 Å². The quantitative estimate of drug-likeness (QED) is 0.840. The van der Waals surface area contributed by atoms with E-state index in [4.69, 9.17) is 4.74 Å². The molecule has 21 heavy (non-hydrogen) atoms. The molecule has 2 rings (SSSR count). The van der Waals surface area contributed by atoms with Crippen molar-refractivity contribution in [1.29, 1.82) is 0 Å². The van der Waals surface area contributed by atoms with Crippen LogP contribution in [0, 0.1) is 18.7 Å². The van der Waals surface area contributed by atoms with Crippen molar-refractivity contribution in [2.24, 2.45) is 5.92 Å². The van der Waals surface area contributed by atoms with Gasteiger partial charge in [0.2, 0.25) is 0 Å². The number of hydrogen-bond donors (Lipinski definition) is 0. The van der Waals surface area contributed by atoms with Crippen molar-refractivity contribution in [3.05, 3.63) is 29.3 Å². The first-order valence-electron chi connectivity index (χ1n) is 7.33. The highest BCUT2D eigenvalue weighted by Gasteiger charge is 2.29. The molecular weight excluding hydrogens is 271 g/mol. The summed E-state index contributed by atoms with van der Waals surface area (Å²) >= 11 is 0. The zero-order valence-electron chi connectivity index (χ0n) is 13.1. The predicted molar refractivity (Wildman–Crippen MR) is 78.6 cm³/mol. The fourth-order valence-corrected chi connectivity index (χ4v) is 2.50. The zero-order valence-corrected chi connectivity index (χ0v) is 13.1. The van der Waals surface area contributed by atoms with E-state index in [0.29, 0.717) is 24.6 Å². The summed E-state index contributed by atoms with van der Waals surface area (Å²) in [5.41, 5.74) is 1.03. The largest absolute Gasteiger partial charge is 0.444 e. The molecule has 2 heterocycles. The molecule has 1 aromatic rings. The molecule has 1 aromatic heterocycles. The van der Waals surface area contributed by atoms with Crippen LogP contribution < -0.4 is 0 Å². The van der Waals surface area contributed by atoms with Gasteiger partial charge in [-0.3, -0.25) is 4.98 Å². The van der Waals surface area contributed by atoms with Crippen LogP contribution in [0.2, 0.25) is 0 Å². The first-order chi connectivity index (χ1) is 9.74. The lowest BCUT2D eigenvalue weighted by Crippen LogP contribution is -2.35. The van der Waals surface area contributed by atoms with Crippen molar-refractivity contribution in [3.63, 3.8) is 0 Å². The van der Waals surface area contributed by atoms with E-state index in [2.05, 4.69) is 4.98 Å². The lowest BCUT2D eigenvalue weighted by Gasteiger charge is -2.24. The fourth-order valence-electron chi connectivity index (χ4n) is 2.50. The average Bonchev–Trinajstić information content (AvgIpc) is 2.80. The van der Waals surface area contributed by atoms with Gasteiger partial charge in [0.05, 0.1) is 6.20 Å². The lowest BCUT2D eigenvalue weighted by atomic mass is 10.0. The maximum absolute atomic E-state index is 13.2. The summed E-state index contributed by atoms with van der Waals surface area (Å²) in [6.45, 7) is 8.71. The van der Waals surface area contributed by atoms with Gasteiger partial charge in [0.1, 0.15) is 11.4 Å². The molecule has 0 radical (unpaired) electrons. The highest BCUT2D eigenvalue weighted by Crippen LogP contribution is 2.22. The number of hydrogen-bond acceptors (Lipinski definition) is 3. The summed E-state index contributed by atoms with van der Waals surface area (Å²) in [6, 6.07) is 1.78. The van der Waals surface area contributed by atoms with Crippen LogP contribution in [0.1, 0.15) is 38.4 Å². The van der Waals surface area contributed by atoms with E-state index in [1.54, 1.807) is 17.9 Å². The van der Waals surface area contributed by atoms with Crippen LogP contribution in [0.4, 0.5) is 9.18 Å². The molecule has 0 saturated carbocycles. The van der Waals surface area contributed by atoms with Crippen molar-refractivity contribution in [2.45, 2.75) is 46.1 Å². The molecule has 0 aliphatic carbocycles. The number of halogens is 1. The zero-order chi connectivity index (χ0) is 15.6. The Morgan fingerprint density at radius 2 is 2.24 bits per heavy atom. The molecule has 1 unspecified atom stereocenters. The highest BCUT2D eigenvalue weighted by atomic mass is 19.1. The summed E-state index contributed by atoms with van der Waals surface area (Å²) in [5.74, 6) is 0.0791. The third-order valence-corrected chi connectivity index (χ3v) is 3.54. The summed E-state index contributed by atoms with van der Waals surface area (Å²) in [7, 11) is 0. The van der Waals surface area contributed by atoms with Crippen LogP contribution in [0.5, 0.6) is 0 Å². The minimum atomic E-state index is -0.467. The molecule has 4 nitrogen and oxygen atoms in total. The standard InChI is InChI=1S/C16H23FN2O2/c1-11-7-13(18-9-14(11)17)8-12-5-6-19(10-12)15(20)21-16(2,3)4/h7,9,12H,5-6,8,10H2,1-4H3. The minimum Gasteiger partial charge on any atom is -0.444 e. The molecule has 116 valence electrons. The van der Waals surface area contributed by atoms with E-state index in [-0.39, 0.29) is 11.9 Å². The van der Waals surface area contributed by atoms with E-state index in [9.17, 15) is 9.18 Å². The van der Waals surface area contributed by atoms with Crippen molar-refractivity contribution in [1.82, 2.24) is 9.88 Å². The Balaban J connectivity index is 1.90. The molecule has 0 N–H and O–H groups in total. The van der Waals surface area contributed by atoms with Gasteiger partial charge in [-0.2, -0.15) is 0 Å². The number of rotatable bonds is 2. The molecular formula is C16H23FN2O2. The third kappa shape index (κ3) is 4.41. The van der Waals surface area contributed by atoms with E-state index in [1.165, 1.54) is 6.20 Å². The Hall–Kier alpha value is -1.65. The second-order valence-corrected chi connectivity index (χ2v) is 6.71. The molecule has 1 atom stereocenters. The molecule has 0 spiro atoms. The number of pyridine rings is 1. The predicted octanol–water partition coefficient (Wildman–Crippen LogP) is 3.33. The summed E-state index contributed by atoms with van der Waals surface area (Å²) in [6.07, 6.45) is 2.71. The number of likely N-dealkylation sites (tertiary alicyclic amines) is 1. The van der Waals surface area contributed by atoms with Gasteiger partial charge < -0.3 is 9.64 Å². The van der Waals surface area contributed by atoms with Crippen molar-refractivity contribution in [2.75, 3.05) is 13.1 Å². The normalized spacial score (nSPS) is 18.9. The highest BCUT2D eigenvalue weighted by molar-refractivity contribution is 5.68. The summed E-state index contributed by atoms with van der Waals surface area (Å²) in [4.78, 5) is 17.9. The number of aromatic nitrogens is 1. The molecule has 1 saturated heterocycles. The first-order valence-corrected chi connectivity index (χ1v) is 7.33. The van der Waals surface area contributed by atoms with Crippen LogP contribution in [0.25, 0.3) is 0 Å². The van der Waals surface area contributed by atoms with E-state index < -0.39 is 5.60 Å². The van der Waals surface area contributed by atoms with Gasteiger partial charge in [-0.1, -0.05) is 0 Å². The SMILES string of the molecule is Cc1cc(CC2CCN(C(=O)OC(C)(C)C)C2)ncc1F. The van der Waals surface area contributed by atoms with E-state index in [0.717, 1.165) is 18.5 Å². The van der Waals surface area contributed by atoms with Crippen molar-refractivity contribution in [3.8, 4) is 0 Å². The molecule has 1 amide bonds. The average molecular weight is 294 g/mol. The van der Waals surface area contributed by atoms with Crippen LogP contribution >= 0.6 is 0 Å². The Labute approximate surface area is 125 Å². The number of nitrogens with zero attached hydrogens (tertiary/aromatic N) is 2. The second-order valence-electron chi connectivity index (χ2n) is 6.71. The Morgan fingerprint density at radius 3 is 2.86 bits per heavy atom. The smallest absolute Gasteiger partial charge is 0.410 e. The number of carbonyl (C=O) groups excluding carboxylic acids is 1. The van der Waals surface area contributed by atoms with Gasteiger partial charge in [-0.05, 0) is 58.1 Å². The van der Waals surface area contributed by atoms with Crippen LogP contribution in [-0.4, -0.2) is 34.7 Å². The van der Waals surface area contributed by atoms with Crippen LogP contribution in [0.15, 0.2) is 12.3 Å². The fraction of sp³-hybridized carbons (Fsp3) is 0.625. The maximum atomic E-state index is 13.2. The number of aryl methyl sites for hydroxylation is 1. The van der Waals surface area contributed by atoms with E-state index in [1.807, 2.05) is 20.8 Å². The Bertz CT molecular complexity index is 525. The first kappa shape index (κ1) is 15.7. The number of ether oxygens (including phenoxy) is 1. The molecule has 5 heteroatoms. The molecule has 0 bridgehead atoms. The van der Waals surface area contributed by atoms with Crippen LogP contribution in [0.3, 0.4) is 0 Å². The molecule has 1 fully saturated rings. The van der Waals surface area contributed by atoms with Gasteiger partial charge in [-0.25, -0.2) is 9.18 Å². The Morgan fingerprint density at radius 1 is 1.52 bits per heavy atom. The number of carbonyl (C=O) groups is 1. The third-order valence-electron chi connectivity index (χ3n) is 3.54. The van der Waals surface area contributed by atoms with Gasteiger partial charge in [0, 0.05) is 18.8 Å². The van der Waals surface area contributed by atoms with Crippen molar-refractivity contribution >= 4 is 6.09 Å². The van der Waals surface area contributed by atoms with E-state index >= 15 is 0 Å². The maximum Gasteiger partial charge on any atom is 0.410 e. The summed E-state index contributed by atoms with van der Waals surface area (Å²) in [5, 5.41) is 0. The molecule has 1 aliphatic rings. The van der Waals surface area contributed by atoms with Gasteiger partial charge in [0.15, 0.2) is 0 Å². The second kappa shape index (κ2) is 6.00. The lowest BCUT2D eigenvalue weighted by molar-refractivity contribution is 0.0288. The Kier molecular flexibility index (Phi) is 4.49. The number of amides is 1. The van der Waals surface area contributed by atoms with Gasteiger partial charge in [-0.15, -0.1) is 0 Å². The van der Waals surface area contributed by atoms with Gasteiger partial charge in [0.25, 0.3) is 0 Å². The molecule has 1 aliphatic heterocycles.